The highest BCUT2D eigenvalue weighted by molar-refractivity contribution is 5.84. The van der Waals surface area contributed by atoms with Crippen molar-refractivity contribution in [3.63, 3.8) is 0 Å². The summed E-state index contributed by atoms with van der Waals surface area (Å²) in [4.78, 5) is 32.0. The Bertz CT molecular complexity index is 1100. The van der Waals surface area contributed by atoms with Crippen LogP contribution in [0, 0.1) is 12.3 Å². The molecule has 0 unspecified atom stereocenters. The van der Waals surface area contributed by atoms with Gasteiger partial charge in [0.1, 0.15) is 0 Å². The van der Waals surface area contributed by atoms with Crippen LogP contribution in [0.15, 0.2) is 61.1 Å². The van der Waals surface area contributed by atoms with Crippen LogP contribution in [-0.4, -0.2) is 51.6 Å². The van der Waals surface area contributed by atoms with Crippen LogP contribution in [-0.2, 0) is 22.6 Å². The first kappa shape index (κ1) is 22.7. The van der Waals surface area contributed by atoms with Gasteiger partial charge in [-0.2, -0.15) is 5.10 Å². The predicted molar refractivity (Wildman–Crippen MR) is 127 cm³/mol. The molecule has 0 bridgehead atoms. The van der Waals surface area contributed by atoms with Crippen LogP contribution >= 0.6 is 0 Å². The topological polar surface area (TPSA) is 80.1 Å². The number of aryl methyl sites for hydroxylation is 2. The fourth-order valence-electron chi connectivity index (χ4n) is 4.78. The Kier molecular flexibility index (Phi) is 6.87. The number of piperidine rings is 1. The maximum atomic E-state index is 13.1. The molecule has 3 aromatic rings. The van der Waals surface area contributed by atoms with Crippen molar-refractivity contribution in [2.45, 2.75) is 39.2 Å². The molecule has 0 atom stereocenters. The highest BCUT2D eigenvalue weighted by Gasteiger charge is 2.42. The van der Waals surface area contributed by atoms with E-state index in [9.17, 15) is 9.59 Å². The van der Waals surface area contributed by atoms with Crippen molar-refractivity contribution in [3.8, 4) is 11.1 Å². The second kappa shape index (κ2) is 9.98. The molecule has 4 rings (SSSR count). The number of hydrogen-bond acceptors (Lipinski definition) is 4. The van der Waals surface area contributed by atoms with Crippen molar-refractivity contribution >= 4 is 11.8 Å². The van der Waals surface area contributed by atoms with Gasteiger partial charge < -0.3 is 10.2 Å². The first-order valence-corrected chi connectivity index (χ1v) is 11.5. The Morgan fingerprint density at radius 3 is 2.42 bits per heavy atom. The lowest BCUT2D eigenvalue weighted by Crippen LogP contribution is -2.50. The standard InChI is InChI=1S/C26H31N5O2/c1-20-7-15-29-31(20)16-10-24(32)30-17-11-26(12-18-30,25(33)27-2)19-22-5-3-4-6-23(22)21-8-13-28-14-9-21/h3-9,13-15H,10-12,16-19H2,1-2H3,(H,27,33). The Hall–Kier alpha value is -3.48. The summed E-state index contributed by atoms with van der Waals surface area (Å²) in [7, 11) is 1.70. The van der Waals surface area contributed by atoms with E-state index < -0.39 is 5.41 Å². The van der Waals surface area contributed by atoms with Crippen LogP contribution in [0.25, 0.3) is 11.1 Å². The van der Waals surface area contributed by atoms with E-state index >= 15 is 0 Å². The number of rotatable bonds is 7. The zero-order valence-corrected chi connectivity index (χ0v) is 19.3. The quantitative estimate of drug-likeness (QED) is 0.606. The first-order valence-electron chi connectivity index (χ1n) is 11.5. The number of carbonyl (C=O) groups is 2. The molecule has 1 fully saturated rings. The monoisotopic (exact) mass is 445 g/mol. The van der Waals surface area contributed by atoms with Gasteiger partial charge in [0, 0.05) is 57.4 Å². The van der Waals surface area contributed by atoms with E-state index in [1.807, 2.05) is 46.8 Å². The molecule has 7 heteroatoms. The molecule has 172 valence electrons. The highest BCUT2D eigenvalue weighted by Crippen LogP contribution is 2.38. The average Bonchev–Trinajstić information content (AvgIpc) is 3.27. The molecular weight excluding hydrogens is 414 g/mol. The number of nitrogens with zero attached hydrogens (tertiary/aromatic N) is 4. The normalized spacial score (nSPS) is 15.3. The number of hydrogen-bond donors (Lipinski definition) is 1. The molecule has 0 radical (unpaired) electrons. The van der Waals surface area contributed by atoms with E-state index in [0.29, 0.717) is 45.3 Å². The maximum absolute atomic E-state index is 13.1. The second-order valence-corrected chi connectivity index (χ2v) is 8.76. The van der Waals surface area contributed by atoms with Crippen LogP contribution in [0.3, 0.4) is 0 Å². The first-order chi connectivity index (χ1) is 16.0. The van der Waals surface area contributed by atoms with E-state index in [1.54, 1.807) is 25.6 Å². The molecule has 1 N–H and O–H groups in total. The van der Waals surface area contributed by atoms with Crippen molar-refractivity contribution < 1.29 is 9.59 Å². The molecule has 2 amide bonds. The summed E-state index contributed by atoms with van der Waals surface area (Å²) in [5.41, 5.74) is 3.87. The fourth-order valence-corrected chi connectivity index (χ4v) is 4.78. The fraction of sp³-hybridized carbons (Fsp3) is 0.385. The van der Waals surface area contributed by atoms with Gasteiger partial charge in [0.15, 0.2) is 0 Å². The molecule has 1 aliphatic heterocycles. The van der Waals surface area contributed by atoms with Crippen molar-refractivity contribution in [3.05, 3.63) is 72.3 Å². The molecular formula is C26H31N5O2. The minimum absolute atomic E-state index is 0.0475. The van der Waals surface area contributed by atoms with Crippen molar-refractivity contribution in [1.29, 1.82) is 0 Å². The van der Waals surface area contributed by atoms with E-state index in [0.717, 1.165) is 22.4 Å². The highest BCUT2D eigenvalue weighted by atomic mass is 16.2. The Morgan fingerprint density at radius 1 is 1.03 bits per heavy atom. The van der Waals surface area contributed by atoms with Crippen LogP contribution in [0.1, 0.15) is 30.5 Å². The van der Waals surface area contributed by atoms with Crippen molar-refractivity contribution in [1.82, 2.24) is 25.0 Å². The summed E-state index contributed by atoms with van der Waals surface area (Å²) in [6.45, 7) is 3.73. The summed E-state index contributed by atoms with van der Waals surface area (Å²) >= 11 is 0. The molecule has 1 aliphatic rings. The molecule has 0 saturated carbocycles. The minimum atomic E-state index is -0.534. The van der Waals surface area contributed by atoms with E-state index in [-0.39, 0.29) is 11.8 Å². The summed E-state index contributed by atoms with van der Waals surface area (Å²) in [5, 5.41) is 7.14. The molecule has 33 heavy (non-hydrogen) atoms. The van der Waals surface area contributed by atoms with Crippen molar-refractivity contribution in [2.75, 3.05) is 20.1 Å². The van der Waals surface area contributed by atoms with Gasteiger partial charge in [-0.3, -0.25) is 19.3 Å². The van der Waals surface area contributed by atoms with Crippen molar-refractivity contribution in [2.24, 2.45) is 5.41 Å². The number of benzene rings is 1. The van der Waals surface area contributed by atoms with Crippen LogP contribution in [0.5, 0.6) is 0 Å². The molecule has 1 aromatic carbocycles. The van der Waals surface area contributed by atoms with E-state index in [2.05, 4.69) is 27.5 Å². The van der Waals surface area contributed by atoms with E-state index in [1.165, 1.54) is 0 Å². The lowest BCUT2D eigenvalue weighted by molar-refractivity contribution is -0.140. The SMILES string of the molecule is CNC(=O)C1(Cc2ccccc2-c2ccncc2)CCN(C(=O)CCn2nccc2C)CC1. The Balaban J connectivity index is 1.47. The van der Waals surface area contributed by atoms with Crippen LogP contribution < -0.4 is 5.32 Å². The zero-order valence-electron chi connectivity index (χ0n) is 19.3. The van der Waals surface area contributed by atoms with Crippen LogP contribution in [0.4, 0.5) is 0 Å². The Morgan fingerprint density at radius 2 is 1.76 bits per heavy atom. The minimum Gasteiger partial charge on any atom is -0.359 e. The number of likely N-dealkylation sites (tertiary alicyclic amines) is 1. The smallest absolute Gasteiger partial charge is 0.226 e. The second-order valence-electron chi connectivity index (χ2n) is 8.76. The van der Waals surface area contributed by atoms with Crippen LogP contribution in [0.2, 0.25) is 0 Å². The number of amides is 2. The maximum Gasteiger partial charge on any atom is 0.226 e. The lowest BCUT2D eigenvalue weighted by Gasteiger charge is -2.41. The molecule has 2 aromatic heterocycles. The van der Waals surface area contributed by atoms with Gasteiger partial charge in [-0.25, -0.2) is 0 Å². The zero-order chi connectivity index (χ0) is 23.3. The third-order valence-corrected chi connectivity index (χ3v) is 6.79. The van der Waals surface area contributed by atoms with Gasteiger partial charge in [-0.05, 0) is 61.1 Å². The lowest BCUT2D eigenvalue weighted by atomic mass is 9.72. The molecule has 0 aliphatic carbocycles. The third-order valence-electron chi connectivity index (χ3n) is 6.79. The molecule has 3 heterocycles. The Labute approximate surface area is 194 Å². The summed E-state index contributed by atoms with van der Waals surface area (Å²) in [6, 6.07) is 14.2. The van der Waals surface area contributed by atoms with Gasteiger partial charge in [-0.1, -0.05) is 24.3 Å². The number of nitrogens with one attached hydrogen (secondary N) is 1. The third kappa shape index (κ3) is 4.97. The van der Waals surface area contributed by atoms with Gasteiger partial charge in [0.25, 0.3) is 0 Å². The van der Waals surface area contributed by atoms with Gasteiger partial charge in [0.05, 0.1) is 5.41 Å². The van der Waals surface area contributed by atoms with Gasteiger partial charge >= 0.3 is 0 Å². The summed E-state index contributed by atoms with van der Waals surface area (Å²) < 4.78 is 1.85. The molecule has 0 spiro atoms. The summed E-state index contributed by atoms with van der Waals surface area (Å²) in [5.74, 6) is 0.166. The molecule has 7 nitrogen and oxygen atoms in total. The van der Waals surface area contributed by atoms with Gasteiger partial charge in [0.2, 0.25) is 11.8 Å². The number of carbonyl (C=O) groups excluding carboxylic acids is 2. The molecule has 1 saturated heterocycles. The van der Waals surface area contributed by atoms with Gasteiger partial charge in [-0.15, -0.1) is 0 Å². The average molecular weight is 446 g/mol. The number of aromatic nitrogens is 3. The predicted octanol–water partition coefficient (Wildman–Crippen LogP) is 3.24. The summed E-state index contributed by atoms with van der Waals surface area (Å²) in [6.07, 6.45) is 7.67. The largest absolute Gasteiger partial charge is 0.359 e. The number of pyridine rings is 1. The van der Waals surface area contributed by atoms with E-state index in [4.69, 9.17) is 0 Å².